The van der Waals surface area contributed by atoms with Crippen LogP contribution in [0, 0.1) is 11.3 Å². The van der Waals surface area contributed by atoms with Gasteiger partial charge < -0.3 is 0 Å². The second kappa shape index (κ2) is 4.52. The van der Waals surface area contributed by atoms with Gasteiger partial charge in [-0.25, -0.2) is 4.98 Å². The van der Waals surface area contributed by atoms with Gasteiger partial charge in [0.1, 0.15) is 10.4 Å². The van der Waals surface area contributed by atoms with E-state index in [1.165, 1.54) is 0 Å². The second-order valence-corrected chi connectivity index (χ2v) is 6.48. The van der Waals surface area contributed by atoms with E-state index in [2.05, 4.69) is 40.8 Å². The Hall–Kier alpha value is -0.700. The quantitative estimate of drug-likeness (QED) is 0.734. The molecular formula is C14H18BrNO. The highest BCUT2D eigenvalue weighted by atomic mass is 79.9. The van der Waals surface area contributed by atoms with E-state index < -0.39 is 0 Å². The molecule has 92 valence electrons. The lowest BCUT2D eigenvalue weighted by Crippen LogP contribution is -2.37. The van der Waals surface area contributed by atoms with E-state index in [4.69, 9.17) is 0 Å². The lowest BCUT2D eigenvalue weighted by molar-refractivity contribution is -0.134. The molecule has 2 rings (SSSR count). The number of carbonyl (C=O) groups is 1. The Labute approximate surface area is 111 Å². The van der Waals surface area contributed by atoms with E-state index in [0.29, 0.717) is 11.7 Å². The number of Topliss-reactive ketones (excluding diaryl/α,β-unsaturated/α-hetero) is 1. The van der Waals surface area contributed by atoms with Crippen molar-refractivity contribution < 1.29 is 4.79 Å². The van der Waals surface area contributed by atoms with Crippen molar-refractivity contribution in [2.24, 2.45) is 11.3 Å². The first-order chi connectivity index (χ1) is 7.90. The number of nitrogens with zero attached hydrogens (tertiary/aromatic N) is 1. The molecule has 0 bridgehead atoms. The van der Waals surface area contributed by atoms with E-state index in [9.17, 15) is 4.79 Å². The molecule has 17 heavy (non-hydrogen) atoms. The van der Waals surface area contributed by atoms with Crippen LogP contribution in [0.1, 0.15) is 45.2 Å². The fourth-order valence-corrected chi connectivity index (χ4v) is 3.23. The molecule has 2 nitrogen and oxygen atoms in total. The van der Waals surface area contributed by atoms with E-state index in [-0.39, 0.29) is 11.3 Å². The summed E-state index contributed by atoms with van der Waals surface area (Å²) in [5, 5.41) is 0. The summed E-state index contributed by atoms with van der Waals surface area (Å²) < 4.78 is 0.873. The van der Waals surface area contributed by atoms with Gasteiger partial charge in [0, 0.05) is 22.9 Å². The van der Waals surface area contributed by atoms with Gasteiger partial charge in [0.15, 0.2) is 0 Å². The largest absolute Gasteiger partial charge is 0.299 e. The minimum Gasteiger partial charge on any atom is -0.299 e. The average Bonchev–Trinajstić information content (AvgIpc) is 2.25. The molecule has 3 heteroatoms. The van der Waals surface area contributed by atoms with E-state index >= 15 is 0 Å². The summed E-state index contributed by atoms with van der Waals surface area (Å²) >= 11 is 3.41. The Bertz CT molecular complexity index is 442. The number of hydrogen-bond donors (Lipinski definition) is 0. The molecule has 0 N–H and O–H groups in total. The second-order valence-electron chi connectivity index (χ2n) is 5.67. The normalized spacial score (nSPS) is 28.1. The van der Waals surface area contributed by atoms with Gasteiger partial charge in [0.05, 0.1) is 0 Å². The van der Waals surface area contributed by atoms with Crippen LogP contribution in [0.25, 0.3) is 0 Å². The fourth-order valence-electron chi connectivity index (χ4n) is 2.88. The lowest BCUT2D eigenvalue weighted by Gasteiger charge is -2.37. The molecule has 0 amide bonds. The van der Waals surface area contributed by atoms with Gasteiger partial charge in [-0.05, 0) is 40.9 Å². The smallest absolute Gasteiger partial charge is 0.141 e. The summed E-state index contributed by atoms with van der Waals surface area (Å²) in [7, 11) is 0. The molecule has 1 heterocycles. The van der Waals surface area contributed by atoms with E-state index in [1.54, 1.807) is 0 Å². The molecule has 2 unspecified atom stereocenters. The van der Waals surface area contributed by atoms with Crippen LogP contribution < -0.4 is 0 Å². The van der Waals surface area contributed by atoms with Gasteiger partial charge in [-0.15, -0.1) is 0 Å². The van der Waals surface area contributed by atoms with Crippen LogP contribution >= 0.6 is 15.9 Å². The Morgan fingerprint density at radius 3 is 2.71 bits per heavy atom. The molecule has 0 saturated heterocycles. The van der Waals surface area contributed by atoms with Gasteiger partial charge in [0.25, 0.3) is 0 Å². The summed E-state index contributed by atoms with van der Waals surface area (Å²) in [6.07, 6.45) is 1.82. The zero-order valence-corrected chi connectivity index (χ0v) is 12.1. The van der Waals surface area contributed by atoms with Gasteiger partial charge in [-0.1, -0.05) is 26.8 Å². The van der Waals surface area contributed by atoms with Crippen molar-refractivity contribution in [1.82, 2.24) is 4.98 Å². The maximum absolute atomic E-state index is 12.1. The molecule has 1 aliphatic rings. The molecule has 0 aromatic carbocycles. The van der Waals surface area contributed by atoms with E-state index in [0.717, 1.165) is 23.1 Å². The Morgan fingerprint density at radius 1 is 1.41 bits per heavy atom. The predicted octanol–water partition coefficient (Wildman–Crippen LogP) is 3.95. The van der Waals surface area contributed by atoms with Crippen molar-refractivity contribution in [3.63, 3.8) is 0 Å². The van der Waals surface area contributed by atoms with Crippen molar-refractivity contribution >= 4 is 21.7 Å². The maximum atomic E-state index is 12.1. The van der Waals surface area contributed by atoms with Crippen molar-refractivity contribution in [3.8, 4) is 0 Å². The molecule has 1 aliphatic carbocycles. The highest BCUT2D eigenvalue weighted by Crippen LogP contribution is 2.43. The molecule has 1 fully saturated rings. The number of rotatable bonds is 1. The summed E-state index contributed by atoms with van der Waals surface area (Å²) in [6, 6.07) is 6.01. The Kier molecular flexibility index (Phi) is 3.39. The standard InChI is InChI=1S/C14H18BrNO/c1-9-7-10(8-14(2,3)13(9)17)11-5-4-6-12(15)16-11/h4-6,9-10H,7-8H2,1-3H3. The Morgan fingerprint density at radius 2 is 2.12 bits per heavy atom. The number of hydrogen-bond acceptors (Lipinski definition) is 2. The Balaban J connectivity index is 2.27. The van der Waals surface area contributed by atoms with Gasteiger partial charge in [-0.2, -0.15) is 0 Å². The molecule has 1 aromatic heterocycles. The molecule has 2 atom stereocenters. The van der Waals surface area contributed by atoms with Gasteiger partial charge in [0.2, 0.25) is 0 Å². The van der Waals surface area contributed by atoms with Crippen LogP contribution in [0.3, 0.4) is 0 Å². The minimum atomic E-state index is -0.216. The van der Waals surface area contributed by atoms with Crippen LogP contribution in [-0.2, 0) is 4.79 Å². The SMILES string of the molecule is CC1CC(c2cccc(Br)n2)CC(C)(C)C1=O. The van der Waals surface area contributed by atoms with Crippen LogP contribution in [-0.4, -0.2) is 10.8 Å². The van der Waals surface area contributed by atoms with Crippen LogP contribution in [0.2, 0.25) is 0 Å². The summed E-state index contributed by atoms with van der Waals surface area (Å²) in [5.74, 6) is 0.934. The highest BCUT2D eigenvalue weighted by Gasteiger charge is 2.40. The fraction of sp³-hybridized carbons (Fsp3) is 0.571. The summed E-state index contributed by atoms with van der Waals surface area (Å²) in [5.41, 5.74) is 0.888. The molecule has 0 radical (unpaired) electrons. The van der Waals surface area contributed by atoms with Crippen molar-refractivity contribution in [1.29, 1.82) is 0 Å². The highest BCUT2D eigenvalue weighted by molar-refractivity contribution is 9.10. The topological polar surface area (TPSA) is 30.0 Å². The lowest BCUT2D eigenvalue weighted by atomic mass is 9.66. The first-order valence-electron chi connectivity index (χ1n) is 6.07. The van der Waals surface area contributed by atoms with E-state index in [1.807, 2.05) is 19.1 Å². The summed E-state index contributed by atoms with van der Waals surface area (Å²) in [4.78, 5) is 16.6. The zero-order chi connectivity index (χ0) is 12.6. The number of pyridine rings is 1. The third-order valence-corrected chi connectivity index (χ3v) is 4.11. The number of ketones is 1. The third kappa shape index (κ3) is 2.59. The zero-order valence-electron chi connectivity index (χ0n) is 10.5. The average molecular weight is 296 g/mol. The van der Waals surface area contributed by atoms with Gasteiger partial charge >= 0.3 is 0 Å². The summed E-state index contributed by atoms with van der Waals surface area (Å²) in [6.45, 7) is 6.14. The molecule has 1 saturated carbocycles. The van der Waals surface area contributed by atoms with Crippen molar-refractivity contribution in [2.45, 2.75) is 39.5 Å². The minimum absolute atomic E-state index is 0.143. The number of halogens is 1. The first kappa shape index (κ1) is 12.7. The van der Waals surface area contributed by atoms with Gasteiger partial charge in [-0.3, -0.25) is 4.79 Å². The van der Waals surface area contributed by atoms with Crippen molar-refractivity contribution in [2.75, 3.05) is 0 Å². The van der Waals surface area contributed by atoms with Crippen LogP contribution in [0.5, 0.6) is 0 Å². The first-order valence-corrected chi connectivity index (χ1v) is 6.86. The molecular weight excluding hydrogens is 278 g/mol. The van der Waals surface area contributed by atoms with Crippen LogP contribution in [0.15, 0.2) is 22.8 Å². The number of carbonyl (C=O) groups excluding carboxylic acids is 1. The molecule has 1 aromatic rings. The molecule has 0 aliphatic heterocycles. The van der Waals surface area contributed by atoms with Crippen LogP contribution in [0.4, 0.5) is 0 Å². The van der Waals surface area contributed by atoms with Crippen molar-refractivity contribution in [3.05, 3.63) is 28.5 Å². The third-order valence-electron chi connectivity index (χ3n) is 3.66. The monoisotopic (exact) mass is 295 g/mol. The number of aromatic nitrogens is 1. The molecule has 0 spiro atoms. The predicted molar refractivity (Wildman–Crippen MR) is 71.9 cm³/mol. The maximum Gasteiger partial charge on any atom is 0.141 e.